The molecule has 5 heteroatoms. The fraction of sp³-hybridized carbons (Fsp3) is 0.455. The number of aromatic nitrogens is 1. The molecule has 1 aromatic carbocycles. The number of carboxylic acid groups (broad SMARTS) is 1. The lowest BCUT2D eigenvalue weighted by atomic mass is 9.94. The summed E-state index contributed by atoms with van der Waals surface area (Å²) < 4.78 is 8.37. The Morgan fingerprint density at radius 2 is 1.96 bits per heavy atom. The number of carbonyl (C=O) groups excluding carboxylic acids is 1. The van der Waals surface area contributed by atoms with E-state index in [2.05, 4.69) is 6.92 Å². The van der Waals surface area contributed by atoms with Crippen LogP contribution in [0.4, 0.5) is 0 Å². The van der Waals surface area contributed by atoms with Gasteiger partial charge in [0.2, 0.25) is 0 Å². The van der Waals surface area contributed by atoms with Crippen molar-refractivity contribution >= 4 is 11.8 Å². The number of carbonyl (C=O) groups is 2. The molecule has 1 N–H and O–H groups in total. The molecular weight excluding hydrogens is 342 g/mol. The van der Waals surface area contributed by atoms with Crippen molar-refractivity contribution in [3.63, 3.8) is 0 Å². The molecule has 0 aliphatic carbocycles. The van der Waals surface area contributed by atoms with E-state index in [1.807, 2.05) is 25.5 Å². The maximum atomic E-state index is 13.4. The predicted molar refractivity (Wildman–Crippen MR) is 104 cm³/mol. The van der Waals surface area contributed by atoms with E-state index >= 15 is 0 Å². The first-order valence-electron chi connectivity index (χ1n) is 9.57. The SMILES string of the molecule is CCCCCC1Oc2ccc(CC(=O)O)cc2C(=O)c2c1c(C)n(C)c2C. The van der Waals surface area contributed by atoms with Crippen LogP contribution >= 0.6 is 0 Å². The van der Waals surface area contributed by atoms with Gasteiger partial charge in [-0.15, -0.1) is 0 Å². The summed E-state index contributed by atoms with van der Waals surface area (Å²) in [5, 5.41) is 9.08. The largest absolute Gasteiger partial charge is 0.485 e. The molecule has 2 heterocycles. The fourth-order valence-corrected chi connectivity index (χ4v) is 3.93. The fourth-order valence-electron chi connectivity index (χ4n) is 3.93. The Bertz CT molecular complexity index is 894. The molecule has 0 saturated carbocycles. The molecule has 1 aliphatic heterocycles. The number of carboxylic acids is 1. The molecule has 3 rings (SSSR count). The van der Waals surface area contributed by atoms with Gasteiger partial charge < -0.3 is 14.4 Å². The Morgan fingerprint density at radius 1 is 1.22 bits per heavy atom. The van der Waals surface area contributed by atoms with E-state index in [0.717, 1.165) is 42.6 Å². The van der Waals surface area contributed by atoms with Gasteiger partial charge in [0, 0.05) is 24.0 Å². The van der Waals surface area contributed by atoms with Crippen LogP contribution < -0.4 is 4.74 Å². The number of unbranched alkanes of at least 4 members (excludes halogenated alkanes) is 2. The van der Waals surface area contributed by atoms with Crippen molar-refractivity contribution in [2.24, 2.45) is 7.05 Å². The molecule has 2 aromatic rings. The second-order valence-electron chi connectivity index (χ2n) is 7.35. The Morgan fingerprint density at radius 3 is 2.63 bits per heavy atom. The third-order valence-electron chi connectivity index (χ3n) is 5.56. The first-order valence-corrected chi connectivity index (χ1v) is 9.57. The van der Waals surface area contributed by atoms with Crippen molar-refractivity contribution in [2.75, 3.05) is 0 Å². The van der Waals surface area contributed by atoms with Crippen molar-refractivity contribution in [2.45, 2.75) is 59.0 Å². The van der Waals surface area contributed by atoms with Crippen molar-refractivity contribution < 1.29 is 19.4 Å². The Hall–Kier alpha value is -2.56. The summed E-state index contributed by atoms with van der Waals surface area (Å²) in [5.74, 6) is -0.443. The highest BCUT2D eigenvalue weighted by Crippen LogP contribution is 2.40. The summed E-state index contributed by atoms with van der Waals surface area (Å²) in [6.07, 6.45) is 3.87. The minimum atomic E-state index is -0.915. The zero-order valence-electron chi connectivity index (χ0n) is 16.5. The molecular formula is C22H27NO4. The molecule has 0 saturated heterocycles. The molecule has 27 heavy (non-hydrogen) atoms. The summed E-state index contributed by atoms with van der Waals surface area (Å²) in [6, 6.07) is 5.15. The first kappa shape index (κ1) is 19.2. The van der Waals surface area contributed by atoms with Gasteiger partial charge in [0.25, 0.3) is 0 Å². The number of benzene rings is 1. The average molecular weight is 369 g/mol. The summed E-state index contributed by atoms with van der Waals surface area (Å²) in [7, 11) is 1.97. The highest BCUT2D eigenvalue weighted by atomic mass is 16.5. The van der Waals surface area contributed by atoms with Crippen molar-refractivity contribution in [1.82, 2.24) is 4.57 Å². The molecule has 5 nitrogen and oxygen atoms in total. The number of aliphatic carboxylic acids is 1. The lowest BCUT2D eigenvalue weighted by Crippen LogP contribution is -2.09. The molecule has 0 fully saturated rings. The topological polar surface area (TPSA) is 68.5 Å². The van der Waals surface area contributed by atoms with E-state index in [-0.39, 0.29) is 18.3 Å². The number of fused-ring (bicyclic) bond motifs is 2. The smallest absolute Gasteiger partial charge is 0.307 e. The molecule has 1 aliphatic rings. The number of nitrogens with zero attached hydrogens (tertiary/aromatic N) is 1. The van der Waals surface area contributed by atoms with Gasteiger partial charge in [-0.25, -0.2) is 0 Å². The van der Waals surface area contributed by atoms with E-state index < -0.39 is 5.97 Å². The van der Waals surface area contributed by atoms with Crippen LogP contribution in [0.3, 0.4) is 0 Å². The Balaban J connectivity index is 2.12. The Kier molecular flexibility index (Phi) is 5.40. The average Bonchev–Trinajstić information content (AvgIpc) is 2.77. The maximum absolute atomic E-state index is 13.4. The highest BCUT2D eigenvalue weighted by molar-refractivity contribution is 6.13. The summed E-state index contributed by atoms with van der Waals surface area (Å²) in [5.41, 5.74) is 4.73. The van der Waals surface area contributed by atoms with Crippen molar-refractivity contribution in [1.29, 1.82) is 0 Å². The number of ketones is 1. The van der Waals surface area contributed by atoms with Crippen LogP contribution in [0, 0.1) is 13.8 Å². The standard InChI is InChI=1S/C22H27NO4/c1-5-6-7-8-18-20-13(2)23(4)14(3)21(20)22(26)16-11-15(12-19(24)25)9-10-17(16)27-18/h9-11,18H,5-8,12H2,1-4H3,(H,24,25). The summed E-state index contributed by atoms with van der Waals surface area (Å²) >= 11 is 0. The lowest BCUT2D eigenvalue weighted by molar-refractivity contribution is -0.136. The van der Waals surface area contributed by atoms with Crippen LogP contribution in [-0.2, 0) is 18.3 Å². The van der Waals surface area contributed by atoms with Crippen LogP contribution in [0.25, 0.3) is 0 Å². The summed E-state index contributed by atoms with van der Waals surface area (Å²) in [4.78, 5) is 24.5. The lowest BCUT2D eigenvalue weighted by Gasteiger charge is -2.19. The van der Waals surface area contributed by atoms with Crippen LogP contribution in [-0.4, -0.2) is 21.4 Å². The van der Waals surface area contributed by atoms with Crippen LogP contribution in [0.2, 0.25) is 0 Å². The second-order valence-corrected chi connectivity index (χ2v) is 7.35. The minimum absolute atomic E-state index is 0.0774. The van der Waals surface area contributed by atoms with Gasteiger partial charge in [-0.1, -0.05) is 25.8 Å². The molecule has 0 bridgehead atoms. The molecule has 1 atom stereocenters. The second kappa shape index (κ2) is 7.59. The summed E-state index contributed by atoms with van der Waals surface area (Å²) in [6.45, 7) is 6.15. The maximum Gasteiger partial charge on any atom is 0.307 e. The molecule has 1 unspecified atom stereocenters. The predicted octanol–water partition coefficient (Wildman–Crippen LogP) is 4.51. The zero-order valence-corrected chi connectivity index (χ0v) is 16.5. The van der Waals surface area contributed by atoms with Gasteiger partial charge in [-0.05, 0) is 44.4 Å². The van der Waals surface area contributed by atoms with Gasteiger partial charge in [-0.3, -0.25) is 9.59 Å². The monoisotopic (exact) mass is 369 g/mol. The zero-order chi connectivity index (χ0) is 19.7. The van der Waals surface area contributed by atoms with Crippen molar-refractivity contribution in [3.8, 4) is 5.75 Å². The van der Waals surface area contributed by atoms with E-state index in [9.17, 15) is 9.59 Å². The van der Waals surface area contributed by atoms with Gasteiger partial charge in [0.15, 0.2) is 5.78 Å². The highest BCUT2D eigenvalue weighted by Gasteiger charge is 2.34. The van der Waals surface area contributed by atoms with Crippen molar-refractivity contribution in [3.05, 3.63) is 51.8 Å². The van der Waals surface area contributed by atoms with Crippen LogP contribution in [0.5, 0.6) is 5.75 Å². The van der Waals surface area contributed by atoms with E-state index in [1.54, 1.807) is 18.2 Å². The van der Waals surface area contributed by atoms with Gasteiger partial charge in [0.05, 0.1) is 17.5 Å². The number of rotatable bonds is 6. The normalized spacial score (nSPS) is 15.7. The van der Waals surface area contributed by atoms with Crippen LogP contribution in [0.15, 0.2) is 18.2 Å². The molecule has 0 amide bonds. The number of ether oxygens (including phenoxy) is 1. The van der Waals surface area contributed by atoms with Gasteiger partial charge >= 0.3 is 5.97 Å². The number of hydrogen-bond acceptors (Lipinski definition) is 3. The molecule has 0 radical (unpaired) electrons. The third-order valence-corrected chi connectivity index (χ3v) is 5.56. The molecule has 1 aromatic heterocycles. The minimum Gasteiger partial charge on any atom is -0.485 e. The van der Waals surface area contributed by atoms with E-state index in [0.29, 0.717) is 22.4 Å². The number of hydrogen-bond donors (Lipinski definition) is 1. The molecule has 0 spiro atoms. The van der Waals surface area contributed by atoms with Gasteiger partial charge in [0.1, 0.15) is 11.9 Å². The molecule has 144 valence electrons. The van der Waals surface area contributed by atoms with E-state index in [4.69, 9.17) is 9.84 Å². The third kappa shape index (κ3) is 3.51. The quantitative estimate of drug-likeness (QED) is 0.761. The first-order chi connectivity index (χ1) is 12.8. The Labute approximate surface area is 160 Å². The van der Waals surface area contributed by atoms with Gasteiger partial charge in [-0.2, -0.15) is 0 Å². The van der Waals surface area contributed by atoms with Crippen LogP contribution in [0.1, 0.15) is 77.1 Å². The van der Waals surface area contributed by atoms with E-state index in [1.165, 1.54) is 0 Å².